The summed E-state index contributed by atoms with van der Waals surface area (Å²) in [5.41, 5.74) is -1.04. The summed E-state index contributed by atoms with van der Waals surface area (Å²) < 4.78 is 37.6. The Bertz CT molecular complexity index is 401. The zero-order valence-corrected chi connectivity index (χ0v) is 19.6. The van der Waals surface area contributed by atoms with E-state index < -0.39 is 15.6 Å². The quantitative estimate of drug-likeness (QED) is 0.148. The highest BCUT2D eigenvalue weighted by Gasteiger charge is 2.22. The van der Waals surface area contributed by atoms with Crippen LogP contribution in [0.3, 0.4) is 0 Å². The summed E-state index contributed by atoms with van der Waals surface area (Å²) >= 11 is 0. The van der Waals surface area contributed by atoms with Crippen molar-refractivity contribution in [2.45, 2.75) is 135 Å². The fraction of sp³-hybridized carbons (Fsp3) is 1.00. The molecule has 0 aliphatic rings. The van der Waals surface area contributed by atoms with E-state index in [1.807, 2.05) is 0 Å². The van der Waals surface area contributed by atoms with E-state index >= 15 is 0 Å². The van der Waals surface area contributed by atoms with Gasteiger partial charge >= 0.3 is 0 Å². The minimum Gasteiger partial charge on any atom is -0.360 e. The van der Waals surface area contributed by atoms with Gasteiger partial charge in [0.25, 0.3) is 10.1 Å². The largest absolute Gasteiger partial charge is 0.360 e. The van der Waals surface area contributed by atoms with Gasteiger partial charge in [0, 0.05) is 6.61 Å². The van der Waals surface area contributed by atoms with Crippen molar-refractivity contribution >= 4 is 10.1 Å². The van der Waals surface area contributed by atoms with Gasteiger partial charge in [0.2, 0.25) is 0 Å². The Morgan fingerprint density at radius 1 is 0.643 bits per heavy atom. The maximum absolute atomic E-state index is 11.4. The molecule has 0 fully saturated rings. The SMILES string of the molecule is CCCCCCCCCCCCCCOC(CCCCCCC)S(=O)(=O)O.N. The second kappa shape index (κ2) is 21.5. The van der Waals surface area contributed by atoms with Crippen LogP contribution in [0.5, 0.6) is 0 Å². The standard InChI is InChI=1S/C22H46O4S.H3N/c1-3-5-7-9-10-11-12-13-14-15-17-19-21-26-22(27(23,24)25)20-18-16-8-6-4-2;/h22H,3-21H2,1-2H3,(H,23,24,25);1H3. The lowest BCUT2D eigenvalue weighted by atomic mass is 10.1. The summed E-state index contributed by atoms with van der Waals surface area (Å²) in [6, 6.07) is 0. The van der Waals surface area contributed by atoms with Gasteiger partial charge < -0.3 is 10.9 Å². The molecule has 1 unspecified atom stereocenters. The summed E-state index contributed by atoms with van der Waals surface area (Å²) in [5, 5.41) is 0. The molecule has 0 aromatic carbocycles. The first-order valence-electron chi connectivity index (χ1n) is 11.6. The molecule has 0 bridgehead atoms. The highest BCUT2D eigenvalue weighted by atomic mass is 32.2. The molecule has 0 aliphatic carbocycles. The highest BCUT2D eigenvalue weighted by Crippen LogP contribution is 2.15. The summed E-state index contributed by atoms with van der Waals surface area (Å²) in [5.74, 6) is 0. The third kappa shape index (κ3) is 20.6. The number of rotatable bonds is 21. The highest BCUT2D eigenvalue weighted by molar-refractivity contribution is 7.86. The van der Waals surface area contributed by atoms with E-state index in [1.165, 1.54) is 70.6 Å². The van der Waals surface area contributed by atoms with Gasteiger partial charge in [-0.2, -0.15) is 8.42 Å². The van der Waals surface area contributed by atoms with E-state index in [-0.39, 0.29) is 6.15 Å². The first-order valence-corrected chi connectivity index (χ1v) is 13.1. The van der Waals surface area contributed by atoms with Gasteiger partial charge in [-0.05, 0) is 19.3 Å². The Hall–Kier alpha value is -0.170. The lowest BCUT2D eigenvalue weighted by molar-refractivity contribution is 0.0881. The van der Waals surface area contributed by atoms with E-state index in [9.17, 15) is 13.0 Å². The molecule has 172 valence electrons. The maximum atomic E-state index is 11.4. The Labute approximate surface area is 175 Å². The monoisotopic (exact) mass is 423 g/mol. The molecule has 5 nitrogen and oxygen atoms in total. The van der Waals surface area contributed by atoms with Crippen LogP contribution in [-0.4, -0.2) is 25.0 Å². The van der Waals surface area contributed by atoms with Crippen LogP contribution in [0.4, 0.5) is 0 Å². The van der Waals surface area contributed by atoms with Gasteiger partial charge in [0.15, 0.2) is 5.44 Å². The molecule has 0 heterocycles. The third-order valence-corrected chi connectivity index (χ3v) is 6.21. The van der Waals surface area contributed by atoms with Gasteiger partial charge in [-0.15, -0.1) is 0 Å². The van der Waals surface area contributed by atoms with Crippen molar-refractivity contribution < 1.29 is 17.7 Å². The molecule has 0 saturated carbocycles. The van der Waals surface area contributed by atoms with E-state index in [2.05, 4.69) is 13.8 Å². The van der Waals surface area contributed by atoms with Crippen LogP contribution in [0.2, 0.25) is 0 Å². The van der Waals surface area contributed by atoms with Gasteiger partial charge in [-0.1, -0.05) is 110 Å². The smallest absolute Gasteiger partial charge is 0.292 e. The topological polar surface area (TPSA) is 98.6 Å². The van der Waals surface area contributed by atoms with Gasteiger partial charge in [0.05, 0.1) is 0 Å². The number of unbranched alkanes of at least 4 members (excludes halogenated alkanes) is 15. The molecule has 6 heteroatoms. The molecule has 0 aliphatic heterocycles. The van der Waals surface area contributed by atoms with Crippen LogP contribution in [0.25, 0.3) is 0 Å². The van der Waals surface area contributed by atoms with Crippen molar-refractivity contribution in [2.24, 2.45) is 0 Å². The van der Waals surface area contributed by atoms with Crippen LogP contribution in [0.1, 0.15) is 129 Å². The Morgan fingerprint density at radius 2 is 1.00 bits per heavy atom. The van der Waals surface area contributed by atoms with Crippen LogP contribution in [-0.2, 0) is 14.9 Å². The van der Waals surface area contributed by atoms with Crippen molar-refractivity contribution in [1.29, 1.82) is 0 Å². The van der Waals surface area contributed by atoms with Crippen molar-refractivity contribution in [2.75, 3.05) is 6.61 Å². The van der Waals surface area contributed by atoms with Gasteiger partial charge in [-0.3, -0.25) is 4.55 Å². The normalized spacial score (nSPS) is 12.7. The Kier molecular flexibility index (Phi) is 23.1. The molecule has 0 aromatic heterocycles. The lowest BCUT2D eigenvalue weighted by Gasteiger charge is -2.15. The van der Waals surface area contributed by atoms with Crippen molar-refractivity contribution in [1.82, 2.24) is 6.15 Å². The van der Waals surface area contributed by atoms with Crippen LogP contribution in [0.15, 0.2) is 0 Å². The molecule has 0 amide bonds. The number of ether oxygens (including phenoxy) is 1. The molecule has 0 spiro atoms. The number of hydrogen-bond acceptors (Lipinski definition) is 4. The summed E-state index contributed by atoms with van der Waals surface area (Å²) in [6.07, 6.45) is 20.9. The average Bonchev–Trinajstić information content (AvgIpc) is 2.62. The minimum atomic E-state index is -4.10. The van der Waals surface area contributed by atoms with Crippen LogP contribution < -0.4 is 6.15 Å². The first kappa shape index (κ1) is 30.0. The molecule has 4 N–H and O–H groups in total. The van der Waals surface area contributed by atoms with E-state index in [1.54, 1.807) is 0 Å². The fourth-order valence-electron chi connectivity index (χ4n) is 3.39. The molecule has 0 radical (unpaired) electrons. The fourth-order valence-corrected chi connectivity index (χ4v) is 4.12. The summed E-state index contributed by atoms with van der Waals surface area (Å²) in [4.78, 5) is 0. The molecular weight excluding hydrogens is 374 g/mol. The molecule has 28 heavy (non-hydrogen) atoms. The lowest BCUT2D eigenvalue weighted by Crippen LogP contribution is -2.24. The summed E-state index contributed by atoms with van der Waals surface area (Å²) in [6.45, 7) is 4.83. The van der Waals surface area contributed by atoms with Crippen molar-refractivity contribution in [3.63, 3.8) is 0 Å². The van der Waals surface area contributed by atoms with Gasteiger partial charge in [0.1, 0.15) is 0 Å². The molecule has 0 aromatic rings. The molecule has 1 atom stereocenters. The van der Waals surface area contributed by atoms with Gasteiger partial charge in [-0.25, -0.2) is 0 Å². The van der Waals surface area contributed by atoms with E-state index in [0.29, 0.717) is 13.0 Å². The van der Waals surface area contributed by atoms with Crippen molar-refractivity contribution in [3.05, 3.63) is 0 Å². The third-order valence-electron chi connectivity index (χ3n) is 5.18. The predicted octanol–water partition coefficient (Wildman–Crippen LogP) is 7.44. The van der Waals surface area contributed by atoms with Crippen LogP contribution in [0, 0.1) is 0 Å². The second-order valence-electron chi connectivity index (χ2n) is 7.91. The molecule has 0 saturated heterocycles. The maximum Gasteiger partial charge on any atom is 0.292 e. The Balaban J connectivity index is 0. The van der Waals surface area contributed by atoms with E-state index in [0.717, 1.165) is 38.5 Å². The number of hydrogen-bond donors (Lipinski definition) is 2. The average molecular weight is 424 g/mol. The molecular formula is C22H49NO4S. The zero-order chi connectivity index (χ0) is 20.2. The Morgan fingerprint density at radius 3 is 1.39 bits per heavy atom. The second-order valence-corrected chi connectivity index (χ2v) is 9.46. The van der Waals surface area contributed by atoms with E-state index in [4.69, 9.17) is 4.74 Å². The summed E-state index contributed by atoms with van der Waals surface area (Å²) in [7, 11) is -4.10. The van der Waals surface area contributed by atoms with Crippen molar-refractivity contribution in [3.8, 4) is 0 Å². The first-order chi connectivity index (χ1) is 13.0. The van der Waals surface area contributed by atoms with Crippen LogP contribution >= 0.6 is 0 Å². The molecule has 0 rings (SSSR count). The minimum absolute atomic E-state index is 0. The predicted molar refractivity (Wildman–Crippen MR) is 121 cm³/mol. The zero-order valence-electron chi connectivity index (χ0n) is 18.8.